The van der Waals surface area contributed by atoms with Crippen LogP contribution in [0.15, 0.2) is 60.7 Å². The Morgan fingerprint density at radius 2 is 0.947 bits per heavy atom. The van der Waals surface area contributed by atoms with Crippen molar-refractivity contribution in [3.05, 3.63) is 79.6 Å². The van der Waals surface area contributed by atoms with Gasteiger partial charge < -0.3 is 18.9 Å². The van der Waals surface area contributed by atoms with Crippen LogP contribution in [0.3, 0.4) is 0 Å². The molecule has 2 N–H and O–H groups in total. The van der Waals surface area contributed by atoms with Gasteiger partial charge in [-0.3, -0.25) is 0 Å². The largest absolute Gasteiger partial charge is 0.679 e. The number of halogens is 1. The minimum atomic E-state index is 0. The Balaban J connectivity index is 0. The van der Waals surface area contributed by atoms with Gasteiger partial charge >= 0.3 is 27.2 Å². The van der Waals surface area contributed by atoms with E-state index in [1.807, 2.05) is 12.1 Å². The van der Waals surface area contributed by atoms with Gasteiger partial charge in [-0.15, -0.1) is 0 Å². The maximum Gasteiger partial charge on any atom is -0.0184 e. The molecule has 0 saturated carbocycles. The van der Waals surface area contributed by atoms with E-state index in [1.54, 1.807) is 0 Å². The quantitative estimate of drug-likeness (QED) is 0.534. The Morgan fingerprint density at radius 3 is 1.16 bits per heavy atom. The fraction of sp³-hybridized carbons (Fsp3) is 0.133. The second-order valence-corrected chi connectivity index (χ2v) is 3.23. The second-order valence-electron chi connectivity index (χ2n) is 3.23. The molecule has 2 nitrogen and oxygen atoms in total. The Bertz CT molecular complexity index is 342. The van der Waals surface area contributed by atoms with Crippen LogP contribution < -0.4 is 0 Å². The molecule has 4 heteroatoms. The monoisotopic (exact) mass is 454 g/mol. The van der Waals surface area contributed by atoms with Crippen molar-refractivity contribution >= 4 is 9.64 Å². The molecule has 0 amide bonds. The molecule has 2 aromatic rings. The van der Waals surface area contributed by atoms with E-state index in [-0.39, 0.29) is 20.5 Å². The maximum atomic E-state index is 6.26. The van der Waals surface area contributed by atoms with Gasteiger partial charge in [-0.1, -0.05) is 60.7 Å². The number of rotatable bonds is 2. The van der Waals surface area contributed by atoms with Gasteiger partial charge in [-0.2, -0.15) is 13.1 Å². The summed E-state index contributed by atoms with van der Waals surface area (Å²) in [6.45, 7) is 0.472. The summed E-state index contributed by atoms with van der Waals surface area (Å²) in [5, 5.41) is 0. The van der Waals surface area contributed by atoms with Crippen molar-refractivity contribution in [3.8, 4) is 11.1 Å². The van der Waals surface area contributed by atoms with E-state index in [0.29, 0.717) is 0 Å². The molecule has 0 atom stereocenters. The fourth-order valence-electron chi connectivity index (χ4n) is 1.26. The molecule has 0 unspecified atom stereocenters. The fourth-order valence-corrected chi connectivity index (χ4v) is 1.26. The van der Waals surface area contributed by atoms with Crippen molar-refractivity contribution in [2.45, 2.75) is 0 Å². The second kappa shape index (κ2) is 15.3. The summed E-state index contributed by atoms with van der Waals surface area (Å²) in [6.07, 6.45) is 0. The first-order chi connectivity index (χ1) is 8.88. The number of nitrogens with one attached hydrogen (secondary N) is 2. The van der Waals surface area contributed by atoms with Crippen molar-refractivity contribution in [2.75, 3.05) is 13.1 Å². The van der Waals surface area contributed by atoms with E-state index in [9.17, 15) is 0 Å². The first kappa shape index (κ1) is 20.6. The first-order valence-electron chi connectivity index (χ1n) is 5.41. The summed E-state index contributed by atoms with van der Waals surface area (Å²) < 4.78 is 0. The van der Waals surface area contributed by atoms with Crippen LogP contribution in [0.2, 0.25) is 0 Å². The van der Waals surface area contributed by atoms with Gasteiger partial charge in [0, 0.05) is 0 Å². The summed E-state index contributed by atoms with van der Waals surface area (Å²) in [4.78, 5) is 0. The molecule has 0 fully saturated rings. The van der Waals surface area contributed by atoms with E-state index >= 15 is 0 Å². The molecule has 0 aromatic heterocycles. The van der Waals surface area contributed by atoms with Crippen LogP contribution in [0.25, 0.3) is 22.6 Å². The molecule has 0 spiro atoms. The Hall–Kier alpha value is -0.714. The smallest absolute Gasteiger partial charge is 0.0184 e. The Labute approximate surface area is 131 Å². The van der Waals surface area contributed by atoms with Crippen molar-refractivity contribution in [1.29, 1.82) is 0 Å². The van der Waals surface area contributed by atoms with Crippen LogP contribution in [0.1, 0.15) is 0 Å². The summed E-state index contributed by atoms with van der Waals surface area (Å²) in [5.41, 5.74) is 15.1. The molecule has 2 rings (SSSR count). The van der Waals surface area contributed by atoms with Crippen molar-refractivity contribution in [2.24, 2.45) is 0 Å². The normalized spacial score (nSPS) is 8.00. The van der Waals surface area contributed by atoms with Crippen LogP contribution in [0, 0.1) is 7.43 Å². The maximum absolute atomic E-state index is 6.26. The van der Waals surface area contributed by atoms with E-state index in [4.69, 9.17) is 11.5 Å². The zero-order valence-electron chi connectivity index (χ0n) is 10.9. The van der Waals surface area contributed by atoms with Gasteiger partial charge in [-0.05, 0) is 11.1 Å². The molecule has 0 bridgehead atoms. The van der Waals surface area contributed by atoms with Crippen molar-refractivity contribution in [1.82, 2.24) is 0 Å². The van der Waals surface area contributed by atoms with Gasteiger partial charge in [0.1, 0.15) is 0 Å². The standard InChI is InChI=1S/C12H10.C2H6N2.CH3.ClH.Os/c1-3-7-11(8-4-1)12-9-5-2-6-10-12;3-1-2-4;;;/h1-10H;3-4H,1-2H2;1H3;1H;/q;-2;-1;;+1/p-1. The molecule has 0 aliphatic rings. The Kier molecular flexibility index (Phi) is 16.6. The predicted octanol–water partition coefficient (Wildman–Crippen LogP) is 5.58. The molecular formula is C15H19ClN2Os-3. The Morgan fingerprint density at radius 1 is 0.684 bits per heavy atom. The average molecular weight is 453 g/mol. The van der Waals surface area contributed by atoms with Gasteiger partial charge in [0.25, 0.3) is 0 Å². The molecule has 0 aliphatic carbocycles. The van der Waals surface area contributed by atoms with Gasteiger partial charge in [0.15, 0.2) is 0 Å². The molecule has 107 valence electrons. The molecule has 19 heavy (non-hydrogen) atoms. The van der Waals surface area contributed by atoms with Gasteiger partial charge in [0.2, 0.25) is 0 Å². The van der Waals surface area contributed by atoms with Crippen molar-refractivity contribution in [3.63, 3.8) is 0 Å². The third-order valence-electron chi connectivity index (χ3n) is 2.01. The number of hydrogen-bond donors (Lipinski definition) is 0. The minimum absolute atomic E-state index is 0. The summed E-state index contributed by atoms with van der Waals surface area (Å²) in [5.74, 6) is 0. The minimum Gasteiger partial charge on any atom is -0.679 e. The summed E-state index contributed by atoms with van der Waals surface area (Å²) in [6, 6.07) is 20.8. The summed E-state index contributed by atoms with van der Waals surface area (Å²) in [7, 11) is 4.67. The van der Waals surface area contributed by atoms with Crippen LogP contribution >= 0.6 is 9.64 Å². The topological polar surface area (TPSA) is 47.6 Å². The van der Waals surface area contributed by atoms with Crippen LogP contribution in [-0.4, -0.2) is 13.1 Å². The SMILES string of the molecule is [CH3-].[Cl][Os].[NH-]CC[NH-].c1ccc(-c2ccccc2)cc1. The van der Waals surface area contributed by atoms with E-state index in [0.717, 1.165) is 0 Å². The van der Waals surface area contributed by atoms with Crippen LogP contribution in [-0.2, 0) is 17.6 Å². The molecular weight excluding hydrogens is 434 g/mol. The third kappa shape index (κ3) is 9.82. The summed E-state index contributed by atoms with van der Waals surface area (Å²) >= 11 is 1.33. The van der Waals surface area contributed by atoms with Crippen LogP contribution in [0.5, 0.6) is 0 Å². The molecule has 0 saturated heterocycles. The van der Waals surface area contributed by atoms with Crippen LogP contribution in [0.4, 0.5) is 0 Å². The first-order valence-corrected chi connectivity index (χ1v) is 8.56. The zero-order valence-corrected chi connectivity index (χ0v) is 14.2. The third-order valence-corrected chi connectivity index (χ3v) is 2.01. The molecule has 0 aliphatic heterocycles. The number of benzene rings is 2. The van der Waals surface area contributed by atoms with Gasteiger partial charge in [0.05, 0.1) is 0 Å². The van der Waals surface area contributed by atoms with E-state index < -0.39 is 0 Å². The molecule has 2 aromatic carbocycles. The molecule has 0 heterocycles. The average Bonchev–Trinajstić information content (AvgIpc) is 2.51. The number of hydrogen-bond acceptors (Lipinski definition) is 0. The zero-order chi connectivity index (χ0) is 13.6. The molecule has 0 radical (unpaired) electrons. The predicted molar refractivity (Wildman–Crippen MR) is 82.5 cm³/mol. The van der Waals surface area contributed by atoms with Crippen molar-refractivity contribution < 1.29 is 17.6 Å². The van der Waals surface area contributed by atoms with E-state index in [2.05, 4.69) is 58.2 Å². The van der Waals surface area contributed by atoms with Gasteiger partial charge in [-0.25, -0.2) is 0 Å². The van der Waals surface area contributed by atoms with E-state index in [1.165, 1.54) is 28.7 Å².